The van der Waals surface area contributed by atoms with E-state index in [-0.39, 0.29) is 0 Å². The number of amidine groups is 4. The number of rotatable bonds is 16. The summed E-state index contributed by atoms with van der Waals surface area (Å²) in [5, 5.41) is 4.11. The molecule has 20 rings (SSSR count). The van der Waals surface area contributed by atoms with Crippen molar-refractivity contribution in [3.8, 4) is 0 Å². The van der Waals surface area contributed by atoms with Crippen molar-refractivity contribution < 1.29 is 9.15 Å². The number of hydrogen-bond donors (Lipinski definition) is 0. The molecule has 6 aliphatic heterocycles. The van der Waals surface area contributed by atoms with Crippen molar-refractivity contribution in [2.24, 2.45) is 20.0 Å². The fraction of sp³-hybridized carbons (Fsp3) is 0.175. The van der Waals surface area contributed by atoms with Crippen LogP contribution in [0.3, 0.4) is 0 Å². The molecule has 1 spiro atoms. The van der Waals surface area contributed by atoms with E-state index in [1.807, 2.05) is 111 Å². The lowest BCUT2D eigenvalue weighted by Crippen LogP contribution is -2.71. The van der Waals surface area contributed by atoms with E-state index < -0.39 is 5.91 Å². The lowest BCUT2D eigenvalue weighted by atomic mass is 10.1. The summed E-state index contributed by atoms with van der Waals surface area (Å²) in [4.78, 5) is 43.0. The topological polar surface area (TPSA) is 65.3 Å². The molecule has 0 atom stereocenters. The number of benzene rings is 12. The second-order valence-corrected chi connectivity index (χ2v) is 32.5. The second-order valence-electron chi connectivity index (χ2n) is 23.5. The number of aromatic nitrogens is 2. The maximum atomic E-state index is 6.35. The highest BCUT2D eigenvalue weighted by molar-refractivity contribution is 8.01. The van der Waals surface area contributed by atoms with Crippen LogP contribution in [-0.2, 0) is 5.91 Å². The van der Waals surface area contributed by atoms with E-state index in [1.165, 1.54) is 0 Å². The average molecular weight is 1630 g/mol. The second kappa shape index (κ2) is 39.2. The van der Waals surface area contributed by atoms with E-state index in [4.69, 9.17) is 20.0 Å². The van der Waals surface area contributed by atoms with Crippen molar-refractivity contribution in [2.75, 3.05) is 0 Å². The Morgan fingerprint density at radius 2 is 0.407 bits per heavy atom. The molecule has 0 saturated carbocycles. The fourth-order valence-corrected chi connectivity index (χ4v) is 21.7. The van der Waals surface area contributed by atoms with Crippen LogP contribution in [0.1, 0.15) is 133 Å². The van der Waals surface area contributed by atoms with Gasteiger partial charge in [0.05, 0.1) is 43.8 Å². The summed E-state index contributed by atoms with van der Waals surface area (Å²) >= 11 is 14.2. The molecule has 0 fully saturated rings. The van der Waals surface area contributed by atoms with Crippen molar-refractivity contribution in [1.29, 1.82) is 0 Å². The van der Waals surface area contributed by atoms with E-state index in [0.29, 0.717) is 0 Å². The summed E-state index contributed by atoms with van der Waals surface area (Å²) < 4.78 is 10.0. The summed E-state index contributed by atoms with van der Waals surface area (Å²) in [6.07, 6.45) is 0. The predicted octanol–water partition coefficient (Wildman–Crippen LogP) is 29.1. The maximum Gasteiger partial charge on any atom is 0.404 e. The Hall–Kier alpha value is -9.20. The fourth-order valence-electron chi connectivity index (χ4n) is 13.9. The smallest absolute Gasteiger partial charge is 0.192 e. The van der Waals surface area contributed by atoms with Crippen molar-refractivity contribution in [2.45, 2.75) is 195 Å². The highest BCUT2D eigenvalue weighted by Gasteiger charge is 2.71. The Morgan fingerprint density at radius 3 is 0.637 bits per heavy atom. The van der Waals surface area contributed by atoms with Crippen molar-refractivity contribution in [1.82, 2.24) is 9.13 Å². The minimum absolute atomic E-state index is 0.807. The van der Waals surface area contributed by atoms with Crippen LogP contribution in [0, 0.1) is 0 Å². The molecule has 0 unspecified atom stereocenters. The highest BCUT2D eigenvalue weighted by Crippen LogP contribution is 2.60. The van der Waals surface area contributed by atoms with Crippen LogP contribution < -0.4 is 11.0 Å². The number of fused-ring (bicyclic) bond motifs is 12. The van der Waals surface area contributed by atoms with Crippen LogP contribution in [0.2, 0.25) is 0 Å². The van der Waals surface area contributed by atoms with E-state index in [0.717, 1.165) is 168 Å². The van der Waals surface area contributed by atoms with Crippen LogP contribution in [0.5, 0.6) is 0 Å². The van der Waals surface area contributed by atoms with Crippen LogP contribution in [0.25, 0.3) is 21.5 Å². The quantitative estimate of drug-likeness (QED) is 0.0887. The van der Waals surface area contributed by atoms with Crippen molar-refractivity contribution in [3.05, 3.63) is 324 Å². The molecule has 0 aliphatic carbocycles. The largest absolute Gasteiger partial charge is 0.404 e. The SMILES string of the molecule is CC.CC.CC.CC.CC.CC.CC.CC.c1ccc(Sc2ccc(Sc3ccccc3)c3c2C2=Nc4c5c(Sc6ccccc6)ccc(Sc6ccccc6)c5c5n4C46n7c(c8c(Sc9ccccc9)ccc(Sc9ccccc9)c8c7=NC7=[N+]4C(=N5)c4c(Sc5ccccc5)ccc(Sc5ccccc5)c47)=NC3=[N+]26)cc1. The summed E-state index contributed by atoms with van der Waals surface area (Å²) in [7, 11) is 0. The van der Waals surface area contributed by atoms with Gasteiger partial charge in [0.2, 0.25) is 22.6 Å². The summed E-state index contributed by atoms with van der Waals surface area (Å²) in [5.74, 6) is 3.43. The Labute approximate surface area is 702 Å². The molecular weight excluding hydrogens is 1530 g/mol. The molecule has 0 bridgehead atoms. The number of nitrogens with zero attached hydrogens (tertiary/aromatic N) is 8. The third kappa shape index (κ3) is 15.6. The Bertz CT molecular complexity index is 5560. The van der Waals surface area contributed by atoms with Gasteiger partial charge < -0.3 is 0 Å². The molecular formula is C97H96N8S8+2. The molecule has 16 heteroatoms. The van der Waals surface area contributed by atoms with Gasteiger partial charge in [-0.2, -0.15) is 9.13 Å². The van der Waals surface area contributed by atoms with Gasteiger partial charge in [0.15, 0.2) is 0 Å². The lowest BCUT2D eigenvalue weighted by Gasteiger charge is -2.40. The zero-order valence-electron chi connectivity index (χ0n) is 67.1. The molecule has 8 heterocycles. The van der Waals surface area contributed by atoms with Crippen LogP contribution in [-0.4, -0.2) is 41.6 Å². The molecule has 8 nitrogen and oxygen atoms in total. The molecule has 113 heavy (non-hydrogen) atoms. The summed E-state index contributed by atoms with van der Waals surface area (Å²) in [5.41, 5.74) is 5.72. The van der Waals surface area contributed by atoms with Gasteiger partial charge in [0, 0.05) is 78.3 Å². The lowest BCUT2D eigenvalue weighted by molar-refractivity contribution is -0.790. The monoisotopic (exact) mass is 1630 g/mol. The summed E-state index contributed by atoms with van der Waals surface area (Å²) in [6, 6.07) is 105. The zero-order chi connectivity index (χ0) is 79.7. The minimum atomic E-state index is -1.41. The van der Waals surface area contributed by atoms with Gasteiger partial charge in [-0.05, 0) is 146 Å². The van der Waals surface area contributed by atoms with Crippen LogP contribution >= 0.6 is 94.1 Å². The predicted molar refractivity (Wildman–Crippen MR) is 489 cm³/mol. The van der Waals surface area contributed by atoms with E-state index in [1.54, 1.807) is 94.1 Å². The molecule has 14 aromatic rings. The zero-order valence-corrected chi connectivity index (χ0v) is 73.6. The Morgan fingerprint density at radius 1 is 0.212 bits per heavy atom. The first-order valence-corrected chi connectivity index (χ1v) is 46.2. The third-order valence-electron chi connectivity index (χ3n) is 17.8. The van der Waals surface area contributed by atoms with Gasteiger partial charge in [0.1, 0.15) is 0 Å². The van der Waals surface area contributed by atoms with Crippen LogP contribution in [0.4, 0.5) is 11.6 Å². The van der Waals surface area contributed by atoms with Crippen LogP contribution in [0.15, 0.2) is 389 Å². The first-order chi connectivity index (χ1) is 56.1. The van der Waals surface area contributed by atoms with Gasteiger partial charge in [-0.1, -0.05) is 370 Å². The van der Waals surface area contributed by atoms with Gasteiger partial charge in [0.25, 0.3) is 23.3 Å². The highest BCUT2D eigenvalue weighted by atomic mass is 32.2. The molecule has 0 N–H and O–H groups in total. The van der Waals surface area contributed by atoms with Gasteiger partial charge >= 0.3 is 5.91 Å². The number of aliphatic imine (C=N–C) groups is 2. The standard InChI is InChI=1S/C81H48N8S8.8C2H6/c1-9-25-49(26-10-1)90-57-41-42-58(91-50-27-11-2-12-28-50)66-65(57)73-82-75-67-59(92-51-29-13-3-14-30-51)43-44-60(93-52-31-15-4-16-32-52)68(67)77-84-79-71-63(96-55-37-21-7-22-38-55)47-48-64(97-56-39-23-8-24-40-56)72(71)80-85-78-70-62(95-54-35-19-6-20-36-54)46-45-61(94-53-33-17-5-18-34-53)69(70)76-83-74(66)86(73)81(87(75)77,88(76)78)89(79)80;8*1-2/h1-48H;8*1-2H3/q+2;;;;;;;;. The molecule has 0 saturated heterocycles. The normalized spacial score (nSPS) is 12.8. The first-order valence-electron chi connectivity index (χ1n) is 39.7. The van der Waals surface area contributed by atoms with E-state index in [2.05, 4.69) is 309 Å². The molecule has 6 aliphatic rings. The molecule has 0 radical (unpaired) electrons. The third-order valence-corrected chi connectivity index (χ3v) is 26.4. The molecule has 570 valence electrons. The Balaban J connectivity index is 0.000000698. The number of hydrogen-bond acceptors (Lipinski definition) is 12. The average Bonchev–Trinajstić information content (AvgIpc) is 1.46. The summed E-state index contributed by atoms with van der Waals surface area (Å²) in [6.45, 7) is 32.0. The molecule has 12 aromatic carbocycles. The molecule has 2 aromatic heterocycles. The Kier molecular flexibility index (Phi) is 28.9. The van der Waals surface area contributed by atoms with Gasteiger partial charge in [-0.15, -0.1) is 9.15 Å². The van der Waals surface area contributed by atoms with Crippen molar-refractivity contribution in [3.63, 3.8) is 0 Å². The van der Waals surface area contributed by atoms with E-state index >= 15 is 0 Å². The van der Waals surface area contributed by atoms with Gasteiger partial charge in [-0.25, -0.2) is 0 Å². The van der Waals surface area contributed by atoms with Gasteiger partial charge in [-0.3, -0.25) is 0 Å². The van der Waals surface area contributed by atoms with Crippen molar-refractivity contribution >= 4 is 151 Å². The maximum absolute atomic E-state index is 6.35. The minimum Gasteiger partial charge on any atom is -0.192 e. The first kappa shape index (κ1) is 83.2. The van der Waals surface area contributed by atoms with E-state index in [9.17, 15) is 0 Å². The molecule has 0 amide bonds.